The van der Waals surface area contributed by atoms with Gasteiger partial charge in [0, 0.05) is 50.2 Å². The summed E-state index contributed by atoms with van der Waals surface area (Å²) in [5.41, 5.74) is 9.06. The Labute approximate surface area is 124 Å². The van der Waals surface area contributed by atoms with Gasteiger partial charge in [0.05, 0.1) is 17.7 Å². The minimum Gasteiger partial charge on any atom is -0.366 e. The fraction of sp³-hybridized carbons (Fsp3) is 0.250. The SMILES string of the molecule is CN(Cc1nccn1C)c1c(CN)cnc2ccccc12. The lowest BCUT2D eigenvalue weighted by Crippen LogP contribution is -2.21. The molecule has 0 aliphatic carbocycles. The summed E-state index contributed by atoms with van der Waals surface area (Å²) in [6.45, 7) is 1.20. The number of rotatable bonds is 4. The second-order valence-corrected chi connectivity index (χ2v) is 5.16. The number of hydrogen-bond acceptors (Lipinski definition) is 4. The number of benzene rings is 1. The number of nitrogens with zero attached hydrogens (tertiary/aromatic N) is 4. The lowest BCUT2D eigenvalue weighted by atomic mass is 10.1. The Morgan fingerprint density at radius 2 is 2.05 bits per heavy atom. The van der Waals surface area contributed by atoms with Crippen molar-refractivity contribution < 1.29 is 0 Å². The van der Waals surface area contributed by atoms with E-state index in [0.29, 0.717) is 6.54 Å². The summed E-state index contributed by atoms with van der Waals surface area (Å²) in [4.78, 5) is 11.1. The predicted molar refractivity (Wildman–Crippen MR) is 84.9 cm³/mol. The van der Waals surface area contributed by atoms with Crippen LogP contribution in [0.15, 0.2) is 42.9 Å². The number of aromatic nitrogens is 3. The van der Waals surface area contributed by atoms with E-state index < -0.39 is 0 Å². The van der Waals surface area contributed by atoms with Crippen LogP contribution in [0.5, 0.6) is 0 Å². The number of imidazole rings is 1. The summed E-state index contributed by atoms with van der Waals surface area (Å²) in [5.74, 6) is 1.02. The Bertz CT molecular complexity index is 762. The fourth-order valence-electron chi connectivity index (χ4n) is 2.61. The molecule has 0 aliphatic rings. The van der Waals surface area contributed by atoms with E-state index in [1.165, 1.54) is 0 Å². The van der Waals surface area contributed by atoms with E-state index >= 15 is 0 Å². The molecule has 5 heteroatoms. The number of fused-ring (bicyclic) bond motifs is 1. The molecule has 0 atom stereocenters. The monoisotopic (exact) mass is 281 g/mol. The third-order valence-corrected chi connectivity index (χ3v) is 3.72. The molecule has 0 spiro atoms. The van der Waals surface area contributed by atoms with E-state index in [1.54, 1.807) is 0 Å². The van der Waals surface area contributed by atoms with Crippen molar-refractivity contribution in [2.75, 3.05) is 11.9 Å². The number of nitrogens with two attached hydrogens (primary N) is 1. The van der Waals surface area contributed by atoms with Crippen LogP contribution in [0.1, 0.15) is 11.4 Å². The third-order valence-electron chi connectivity index (χ3n) is 3.72. The maximum Gasteiger partial charge on any atom is 0.127 e. The average Bonchev–Trinajstić information content (AvgIpc) is 2.91. The molecule has 0 saturated carbocycles. The first-order chi connectivity index (χ1) is 10.2. The van der Waals surface area contributed by atoms with Crippen molar-refractivity contribution >= 4 is 16.6 Å². The van der Waals surface area contributed by atoms with E-state index in [-0.39, 0.29) is 0 Å². The summed E-state index contributed by atoms with van der Waals surface area (Å²) < 4.78 is 2.03. The molecule has 0 unspecified atom stereocenters. The van der Waals surface area contributed by atoms with Crippen LogP contribution in [0.3, 0.4) is 0 Å². The molecule has 21 heavy (non-hydrogen) atoms. The van der Waals surface area contributed by atoms with Crippen LogP contribution >= 0.6 is 0 Å². The molecule has 3 aromatic rings. The Hall–Kier alpha value is -2.40. The second-order valence-electron chi connectivity index (χ2n) is 5.16. The lowest BCUT2D eigenvalue weighted by Gasteiger charge is -2.23. The standard InChI is InChI=1S/C16H19N5/c1-20-8-7-18-15(20)11-21(2)16-12(9-17)10-19-14-6-4-3-5-13(14)16/h3-8,10H,9,11,17H2,1-2H3. The van der Waals surface area contributed by atoms with Crippen molar-refractivity contribution in [3.8, 4) is 0 Å². The molecule has 2 heterocycles. The molecule has 3 rings (SSSR count). The Morgan fingerprint density at radius 3 is 2.76 bits per heavy atom. The highest BCUT2D eigenvalue weighted by Crippen LogP contribution is 2.29. The van der Waals surface area contributed by atoms with Gasteiger partial charge in [-0.1, -0.05) is 18.2 Å². The third kappa shape index (κ3) is 2.48. The van der Waals surface area contributed by atoms with Crippen LogP contribution in [-0.4, -0.2) is 21.6 Å². The smallest absolute Gasteiger partial charge is 0.127 e. The molecule has 2 N–H and O–H groups in total. The predicted octanol–water partition coefficient (Wildman–Crippen LogP) is 2.06. The summed E-state index contributed by atoms with van der Waals surface area (Å²) in [6.07, 6.45) is 5.64. The van der Waals surface area contributed by atoms with Gasteiger partial charge in [0.15, 0.2) is 0 Å². The first-order valence-electron chi connectivity index (χ1n) is 6.94. The normalized spacial score (nSPS) is 11.0. The molecule has 0 aliphatic heterocycles. The number of anilines is 1. The molecule has 0 saturated heterocycles. The van der Waals surface area contributed by atoms with Gasteiger partial charge in [-0.3, -0.25) is 4.98 Å². The van der Waals surface area contributed by atoms with Crippen molar-refractivity contribution in [3.63, 3.8) is 0 Å². The van der Waals surface area contributed by atoms with Crippen molar-refractivity contribution in [3.05, 3.63) is 54.2 Å². The maximum absolute atomic E-state index is 5.90. The maximum atomic E-state index is 5.90. The fourth-order valence-corrected chi connectivity index (χ4v) is 2.61. The van der Waals surface area contributed by atoms with Gasteiger partial charge < -0.3 is 15.2 Å². The quantitative estimate of drug-likeness (QED) is 0.795. The van der Waals surface area contributed by atoms with Crippen LogP contribution in [0.2, 0.25) is 0 Å². The van der Waals surface area contributed by atoms with E-state index in [9.17, 15) is 0 Å². The zero-order valence-electron chi connectivity index (χ0n) is 12.3. The Balaban J connectivity index is 2.07. The van der Waals surface area contributed by atoms with Crippen molar-refractivity contribution in [2.24, 2.45) is 12.8 Å². The number of aryl methyl sites for hydroxylation is 1. The average molecular weight is 281 g/mol. The van der Waals surface area contributed by atoms with Gasteiger partial charge in [-0.05, 0) is 6.07 Å². The lowest BCUT2D eigenvalue weighted by molar-refractivity contribution is 0.760. The minimum atomic E-state index is 0.470. The molecule has 0 fully saturated rings. The summed E-state index contributed by atoms with van der Waals surface area (Å²) in [7, 11) is 4.07. The van der Waals surface area contributed by atoms with Gasteiger partial charge >= 0.3 is 0 Å². The van der Waals surface area contributed by atoms with Crippen LogP contribution < -0.4 is 10.6 Å². The van der Waals surface area contributed by atoms with Crippen molar-refractivity contribution in [1.29, 1.82) is 0 Å². The minimum absolute atomic E-state index is 0.470. The second kappa shape index (κ2) is 5.54. The van der Waals surface area contributed by atoms with Gasteiger partial charge in [0.25, 0.3) is 0 Å². The van der Waals surface area contributed by atoms with Crippen LogP contribution in [0.4, 0.5) is 5.69 Å². The molecule has 2 aromatic heterocycles. The number of pyridine rings is 1. The van der Waals surface area contributed by atoms with E-state index in [1.807, 2.05) is 48.4 Å². The molecule has 5 nitrogen and oxygen atoms in total. The summed E-state index contributed by atoms with van der Waals surface area (Å²) >= 11 is 0. The molecule has 1 aromatic carbocycles. The van der Waals surface area contributed by atoms with Crippen LogP contribution in [-0.2, 0) is 20.1 Å². The van der Waals surface area contributed by atoms with E-state index in [0.717, 1.165) is 34.5 Å². The molecule has 0 radical (unpaired) electrons. The molecule has 0 bridgehead atoms. The highest BCUT2D eigenvalue weighted by molar-refractivity contribution is 5.93. The van der Waals surface area contributed by atoms with Crippen LogP contribution in [0, 0.1) is 0 Å². The van der Waals surface area contributed by atoms with Crippen molar-refractivity contribution in [2.45, 2.75) is 13.1 Å². The first-order valence-corrected chi connectivity index (χ1v) is 6.94. The molecule has 108 valence electrons. The molecular formula is C16H19N5. The zero-order valence-corrected chi connectivity index (χ0v) is 12.3. The van der Waals surface area contributed by atoms with Gasteiger partial charge in [0.2, 0.25) is 0 Å². The topological polar surface area (TPSA) is 60.0 Å². The molecular weight excluding hydrogens is 262 g/mol. The largest absolute Gasteiger partial charge is 0.366 e. The highest BCUT2D eigenvalue weighted by atomic mass is 15.2. The Kier molecular flexibility index (Phi) is 3.58. The van der Waals surface area contributed by atoms with Crippen molar-refractivity contribution in [1.82, 2.24) is 14.5 Å². The van der Waals surface area contributed by atoms with Crippen LogP contribution in [0.25, 0.3) is 10.9 Å². The Morgan fingerprint density at radius 1 is 1.24 bits per heavy atom. The van der Waals surface area contributed by atoms with E-state index in [2.05, 4.69) is 28.0 Å². The molecule has 0 amide bonds. The first kappa shape index (κ1) is 13.6. The van der Waals surface area contributed by atoms with Gasteiger partial charge in [0.1, 0.15) is 5.82 Å². The number of hydrogen-bond donors (Lipinski definition) is 1. The highest BCUT2D eigenvalue weighted by Gasteiger charge is 2.13. The van der Waals surface area contributed by atoms with Gasteiger partial charge in [-0.15, -0.1) is 0 Å². The summed E-state index contributed by atoms with van der Waals surface area (Å²) in [5, 5.41) is 1.12. The number of para-hydroxylation sites is 1. The van der Waals surface area contributed by atoms with Gasteiger partial charge in [-0.2, -0.15) is 0 Å². The zero-order chi connectivity index (χ0) is 14.8. The van der Waals surface area contributed by atoms with Gasteiger partial charge in [-0.25, -0.2) is 4.98 Å². The summed E-state index contributed by atoms with van der Waals surface area (Å²) in [6, 6.07) is 8.14. The van der Waals surface area contributed by atoms with E-state index in [4.69, 9.17) is 5.73 Å².